The van der Waals surface area contributed by atoms with Crippen LogP contribution in [0.15, 0.2) is 145 Å². The molecule has 259 valence electrons. The predicted octanol–water partition coefficient (Wildman–Crippen LogP) is 4.17. The number of sulfonamides is 1. The number of nitrogens with one attached hydrogen (secondary N) is 2. The summed E-state index contributed by atoms with van der Waals surface area (Å²) in [6.45, 7) is 2.91. The van der Waals surface area contributed by atoms with E-state index in [1.807, 2.05) is 18.2 Å². The maximum atomic E-state index is 12.5. The van der Waals surface area contributed by atoms with Gasteiger partial charge in [0, 0.05) is 11.3 Å². The number of aliphatic hydroxyl groups excluding tert-OH is 1. The third-order valence-corrected chi connectivity index (χ3v) is 7.45. The molecule has 0 saturated carbocycles. The van der Waals surface area contributed by atoms with Crippen molar-refractivity contribution in [1.29, 1.82) is 0 Å². The molecular formula is C33H28CrN8O8S+. The molecule has 1 radical (unpaired) electrons. The second-order valence-corrected chi connectivity index (χ2v) is 11.8. The smallest absolute Gasteiger partial charge is 0.871 e. The quantitative estimate of drug-likeness (QED) is 0.0964. The molecule has 4 aromatic carbocycles. The number of carboxylic acid groups (broad SMARTS) is 1. The molecule has 0 spiro atoms. The molecule has 51 heavy (non-hydrogen) atoms. The molecule has 0 fully saturated rings. The van der Waals surface area contributed by atoms with E-state index in [1.165, 1.54) is 23.7 Å². The van der Waals surface area contributed by atoms with Gasteiger partial charge in [0.15, 0.2) is 11.4 Å². The van der Waals surface area contributed by atoms with Gasteiger partial charge in [0.1, 0.15) is 5.76 Å². The fraction of sp³-hybridized carbons (Fsp3) is 0.0606. The number of nitrogens with two attached hydrogens (primary N) is 1. The second-order valence-electron chi connectivity index (χ2n) is 10.2. The Labute approximate surface area is 301 Å². The molecule has 1 amide bonds. The first-order valence-corrected chi connectivity index (χ1v) is 15.9. The Morgan fingerprint density at radius 3 is 2.10 bits per heavy atom. The number of allylic oxidation sites excluding steroid dienone is 1. The van der Waals surface area contributed by atoms with Gasteiger partial charge in [-0.1, -0.05) is 66.4 Å². The number of aromatic nitrogens is 2. The van der Waals surface area contributed by atoms with Gasteiger partial charge in [-0.3, -0.25) is 14.7 Å². The predicted molar refractivity (Wildman–Crippen MR) is 178 cm³/mol. The molecule has 18 heteroatoms. The zero-order valence-electron chi connectivity index (χ0n) is 26.7. The van der Waals surface area contributed by atoms with E-state index in [0.717, 1.165) is 18.2 Å². The third-order valence-electron chi connectivity index (χ3n) is 6.54. The SMILES string of the molecule is CC(O)=C(N=Nc1cc(S(N)(=O)=O)ccc1[O-])C(=O)Nc1ccccc1.Cc1[nH]n(-c2ccccc2)c(=O)c1N=Nc1ccccc1C(=O)[O-].[Cr+3]. The molecule has 16 nitrogen and oxygen atoms in total. The molecule has 0 aliphatic heterocycles. The molecule has 5 rings (SSSR count). The van der Waals surface area contributed by atoms with Crippen molar-refractivity contribution in [1.82, 2.24) is 9.78 Å². The van der Waals surface area contributed by atoms with E-state index in [1.54, 1.807) is 61.5 Å². The summed E-state index contributed by atoms with van der Waals surface area (Å²) in [5.41, 5.74) is 0.673. The van der Waals surface area contributed by atoms with Gasteiger partial charge in [0.05, 0.1) is 33.6 Å². The van der Waals surface area contributed by atoms with Crippen LogP contribution in [0.5, 0.6) is 5.75 Å². The summed E-state index contributed by atoms with van der Waals surface area (Å²) in [6, 6.07) is 26.5. The summed E-state index contributed by atoms with van der Waals surface area (Å²) in [6.07, 6.45) is 0. The third kappa shape index (κ3) is 10.4. The van der Waals surface area contributed by atoms with Crippen LogP contribution >= 0.6 is 0 Å². The summed E-state index contributed by atoms with van der Waals surface area (Å²) in [7, 11) is -4.04. The number of anilines is 1. The van der Waals surface area contributed by atoms with Crippen LogP contribution in [0.2, 0.25) is 0 Å². The number of rotatable bonds is 9. The summed E-state index contributed by atoms with van der Waals surface area (Å²) in [4.78, 5) is 35.4. The molecular weight excluding hydrogens is 720 g/mol. The number of hydrogen-bond donors (Lipinski definition) is 4. The number of amides is 1. The number of carbonyl (C=O) groups is 2. The van der Waals surface area contributed by atoms with E-state index >= 15 is 0 Å². The molecule has 0 aliphatic carbocycles. The van der Waals surface area contributed by atoms with Crippen molar-refractivity contribution in [3.63, 3.8) is 0 Å². The maximum absolute atomic E-state index is 12.5. The van der Waals surface area contributed by atoms with Crippen molar-refractivity contribution in [2.45, 2.75) is 18.7 Å². The normalized spacial score (nSPS) is 11.7. The van der Waals surface area contributed by atoms with Crippen LogP contribution < -0.4 is 26.2 Å². The molecule has 5 aromatic rings. The maximum Gasteiger partial charge on any atom is 3.00 e. The monoisotopic (exact) mass is 748 g/mol. The Hall–Kier alpha value is -6.19. The first-order chi connectivity index (χ1) is 23.8. The van der Waals surface area contributed by atoms with Gasteiger partial charge < -0.3 is 25.4 Å². The number of carboxylic acids is 1. The minimum absolute atomic E-state index is 0. The Balaban J connectivity index is 0.000000271. The van der Waals surface area contributed by atoms with Gasteiger partial charge in [-0.2, -0.15) is 5.11 Å². The molecule has 1 aromatic heterocycles. The molecule has 0 unspecified atom stereocenters. The van der Waals surface area contributed by atoms with Gasteiger partial charge >= 0.3 is 17.4 Å². The fourth-order valence-electron chi connectivity index (χ4n) is 4.10. The minimum atomic E-state index is -4.04. The number of azo groups is 2. The fourth-order valence-corrected chi connectivity index (χ4v) is 4.64. The largest absolute Gasteiger partial charge is 3.00 e. The molecule has 0 aliphatic rings. The van der Waals surface area contributed by atoms with Gasteiger partial charge in [-0.25, -0.2) is 18.2 Å². The van der Waals surface area contributed by atoms with Crippen molar-refractivity contribution < 1.29 is 50.7 Å². The molecule has 1 heterocycles. The number of hydrogen-bond acceptors (Lipinski definition) is 12. The Morgan fingerprint density at radius 1 is 0.882 bits per heavy atom. The topological polar surface area (TPSA) is 260 Å². The second kappa shape index (κ2) is 17.5. The summed E-state index contributed by atoms with van der Waals surface area (Å²) >= 11 is 0. The number of carbonyl (C=O) groups excluding carboxylic acids is 2. The van der Waals surface area contributed by atoms with Crippen molar-refractivity contribution in [2.24, 2.45) is 25.6 Å². The van der Waals surface area contributed by atoms with Crippen LogP contribution in [-0.4, -0.2) is 35.2 Å². The molecule has 0 atom stereocenters. The van der Waals surface area contributed by atoms with E-state index < -0.39 is 39.1 Å². The van der Waals surface area contributed by atoms with Crippen LogP contribution in [0, 0.1) is 6.92 Å². The summed E-state index contributed by atoms with van der Waals surface area (Å²) < 4.78 is 24.0. The van der Waals surface area contributed by atoms with E-state index in [-0.39, 0.29) is 50.4 Å². The first-order valence-electron chi connectivity index (χ1n) is 14.4. The number of primary sulfonamides is 1. The van der Waals surface area contributed by atoms with Crippen LogP contribution in [0.25, 0.3) is 5.69 Å². The Bertz CT molecular complexity index is 2280. The van der Waals surface area contributed by atoms with Crippen molar-refractivity contribution in [2.75, 3.05) is 5.32 Å². The number of aryl methyl sites for hydroxylation is 1. The minimum Gasteiger partial charge on any atom is -0.871 e. The standard InChI is InChI=1S/C17H14N4O3.C16H16N4O5S.Cr/c1-11-15(16(22)21(20-11)12-7-3-2-4-8-12)19-18-14-10-6-5-9-13(14)17(23)24;1-10(21)15(16(23)18-11-5-3-2-4-6-11)20-19-13-9-12(26(17,24)25)7-8-14(13)22;/h2-10,20H,1H3,(H,23,24);2-9,21-22H,1H3,(H,18,23)(H2,17,24,25);/q;;+3/p-2. The number of aromatic amines is 1. The number of H-pyrrole nitrogens is 1. The van der Waals surface area contributed by atoms with Gasteiger partial charge in [-0.15, -0.1) is 15.3 Å². The van der Waals surface area contributed by atoms with Crippen molar-refractivity contribution >= 4 is 44.6 Å². The average molecular weight is 749 g/mol. The molecule has 0 bridgehead atoms. The van der Waals surface area contributed by atoms with E-state index in [9.17, 15) is 38.1 Å². The number of para-hydroxylation sites is 2. The zero-order valence-corrected chi connectivity index (χ0v) is 28.8. The number of aliphatic hydroxyl groups is 1. The summed E-state index contributed by atoms with van der Waals surface area (Å²) in [5, 5.41) is 57.9. The van der Waals surface area contributed by atoms with Crippen LogP contribution in [0.3, 0.4) is 0 Å². The van der Waals surface area contributed by atoms with Crippen molar-refractivity contribution in [3.05, 3.63) is 136 Å². The molecule has 5 N–H and O–H groups in total. The van der Waals surface area contributed by atoms with Gasteiger partial charge in [-0.05, 0) is 56.3 Å². The van der Waals surface area contributed by atoms with Crippen LogP contribution in [0.4, 0.5) is 22.7 Å². The van der Waals surface area contributed by atoms with Gasteiger partial charge in [0.25, 0.3) is 11.5 Å². The van der Waals surface area contributed by atoms with Crippen LogP contribution in [-0.2, 0) is 32.2 Å². The summed E-state index contributed by atoms with van der Waals surface area (Å²) in [5.74, 6) is -3.16. The van der Waals surface area contributed by atoms with Crippen molar-refractivity contribution in [3.8, 4) is 11.4 Å². The van der Waals surface area contributed by atoms with E-state index in [4.69, 9.17) is 5.14 Å². The number of nitrogens with zero attached hydrogens (tertiary/aromatic N) is 5. The molecule has 0 saturated heterocycles. The average Bonchev–Trinajstić information content (AvgIpc) is 3.37. The van der Waals surface area contributed by atoms with E-state index in [2.05, 4.69) is 30.9 Å². The Morgan fingerprint density at radius 2 is 1.49 bits per heavy atom. The number of aromatic carboxylic acids is 1. The number of benzene rings is 4. The first kappa shape index (κ1) is 39.3. The Kier molecular flexibility index (Phi) is 13.4. The van der Waals surface area contributed by atoms with Crippen LogP contribution in [0.1, 0.15) is 23.0 Å². The zero-order chi connectivity index (χ0) is 36.4. The van der Waals surface area contributed by atoms with Gasteiger partial charge in [0.2, 0.25) is 10.0 Å². The van der Waals surface area contributed by atoms with E-state index in [0.29, 0.717) is 17.1 Å².